The minimum atomic E-state index is 0.806. The molecule has 0 aliphatic heterocycles. The number of benzene rings is 1. The van der Waals surface area contributed by atoms with Crippen LogP contribution in [0.2, 0.25) is 0 Å². The molecule has 1 aromatic rings. The van der Waals surface area contributed by atoms with Crippen LogP contribution in [-0.2, 0) is 0 Å². The minimum absolute atomic E-state index is 0.806. The van der Waals surface area contributed by atoms with Gasteiger partial charge in [0.1, 0.15) is 0 Å². The predicted octanol–water partition coefficient (Wildman–Crippen LogP) is 4.08. The molecule has 14 heavy (non-hydrogen) atoms. The van der Waals surface area contributed by atoms with Gasteiger partial charge in [0.25, 0.3) is 0 Å². The standard InChI is InChI=1S/C13H18S/c1-14-13-10-6-5-9-12(13)11-7-3-2-4-8-11/h2-4,7-8,12-13H,5-6,9-10H2,1H3/t12-,13+/m1/s1. The molecule has 0 nitrogen and oxygen atoms in total. The van der Waals surface area contributed by atoms with Crippen LogP contribution < -0.4 is 0 Å². The van der Waals surface area contributed by atoms with Gasteiger partial charge in [-0.3, -0.25) is 0 Å². The molecule has 1 heteroatoms. The first-order chi connectivity index (χ1) is 6.92. The van der Waals surface area contributed by atoms with Crippen molar-refractivity contribution in [3.63, 3.8) is 0 Å². The van der Waals surface area contributed by atoms with Crippen LogP contribution in [0.5, 0.6) is 0 Å². The molecule has 1 aliphatic rings. The van der Waals surface area contributed by atoms with E-state index in [0.29, 0.717) is 0 Å². The van der Waals surface area contributed by atoms with Gasteiger partial charge in [-0.2, -0.15) is 11.8 Å². The fourth-order valence-electron chi connectivity index (χ4n) is 2.46. The normalized spacial score (nSPS) is 27.5. The molecule has 0 amide bonds. The van der Waals surface area contributed by atoms with Crippen molar-refractivity contribution in [2.24, 2.45) is 0 Å². The number of hydrogen-bond donors (Lipinski definition) is 0. The second-order valence-electron chi connectivity index (χ2n) is 4.08. The van der Waals surface area contributed by atoms with Crippen LogP contribution in [-0.4, -0.2) is 11.5 Å². The molecule has 0 spiro atoms. The van der Waals surface area contributed by atoms with Crippen LogP contribution in [0.3, 0.4) is 0 Å². The summed E-state index contributed by atoms with van der Waals surface area (Å²) in [4.78, 5) is 0. The molecule has 1 saturated carbocycles. The van der Waals surface area contributed by atoms with Crippen molar-refractivity contribution < 1.29 is 0 Å². The fourth-order valence-corrected chi connectivity index (χ4v) is 3.48. The molecule has 0 heterocycles. The number of hydrogen-bond acceptors (Lipinski definition) is 1. The van der Waals surface area contributed by atoms with Crippen molar-refractivity contribution in [2.45, 2.75) is 36.9 Å². The van der Waals surface area contributed by atoms with Crippen LogP contribution in [0.25, 0.3) is 0 Å². The average Bonchev–Trinajstić information content (AvgIpc) is 2.30. The molecule has 1 aromatic carbocycles. The van der Waals surface area contributed by atoms with Gasteiger partial charge in [-0.15, -0.1) is 0 Å². The van der Waals surface area contributed by atoms with Crippen molar-refractivity contribution in [2.75, 3.05) is 6.26 Å². The zero-order valence-corrected chi connectivity index (χ0v) is 9.59. The van der Waals surface area contributed by atoms with Crippen LogP contribution >= 0.6 is 11.8 Å². The van der Waals surface area contributed by atoms with Crippen molar-refractivity contribution in [1.29, 1.82) is 0 Å². The molecule has 2 rings (SSSR count). The van der Waals surface area contributed by atoms with Gasteiger partial charge >= 0.3 is 0 Å². The lowest BCUT2D eigenvalue weighted by molar-refractivity contribution is 0.456. The first-order valence-corrected chi connectivity index (χ1v) is 6.78. The second-order valence-corrected chi connectivity index (χ2v) is 5.15. The number of thioether (sulfide) groups is 1. The van der Waals surface area contributed by atoms with Gasteiger partial charge in [0.05, 0.1) is 0 Å². The molecule has 1 aliphatic carbocycles. The first kappa shape index (κ1) is 10.1. The Kier molecular flexibility index (Phi) is 3.52. The van der Waals surface area contributed by atoms with E-state index in [1.54, 1.807) is 5.56 Å². The van der Waals surface area contributed by atoms with E-state index in [2.05, 4.69) is 36.6 Å². The summed E-state index contributed by atoms with van der Waals surface area (Å²) >= 11 is 2.05. The minimum Gasteiger partial charge on any atom is -0.161 e. The SMILES string of the molecule is CS[C@H]1CCCC[C@@H]1c1ccccc1. The van der Waals surface area contributed by atoms with Gasteiger partial charge in [0, 0.05) is 5.25 Å². The summed E-state index contributed by atoms with van der Waals surface area (Å²) in [6.45, 7) is 0. The summed E-state index contributed by atoms with van der Waals surface area (Å²) < 4.78 is 0. The van der Waals surface area contributed by atoms with Crippen LogP contribution in [0.15, 0.2) is 30.3 Å². The van der Waals surface area contributed by atoms with Gasteiger partial charge in [-0.25, -0.2) is 0 Å². The first-order valence-electron chi connectivity index (χ1n) is 5.49. The lowest BCUT2D eigenvalue weighted by Gasteiger charge is -2.30. The maximum atomic E-state index is 2.29. The average molecular weight is 206 g/mol. The number of rotatable bonds is 2. The maximum Gasteiger partial charge on any atom is 0.0113 e. The fraction of sp³-hybridized carbons (Fsp3) is 0.538. The van der Waals surface area contributed by atoms with E-state index >= 15 is 0 Å². The summed E-state index contributed by atoms with van der Waals surface area (Å²) in [6.07, 6.45) is 7.88. The van der Waals surface area contributed by atoms with Crippen molar-refractivity contribution in [3.05, 3.63) is 35.9 Å². The Bertz CT molecular complexity index is 268. The Labute approximate surface area is 91.1 Å². The van der Waals surface area contributed by atoms with Gasteiger partial charge in [0.15, 0.2) is 0 Å². The summed E-state index contributed by atoms with van der Waals surface area (Å²) in [6, 6.07) is 11.0. The topological polar surface area (TPSA) is 0 Å². The highest BCUT2D eigenvalue weighted by molar-refractivity contribution is 7.99. The van der Waals surface area contributed by atoms with Crippen molar-refractivity contribution in [3.8, 4) is 0 Å². The Morgan fingerprint density at radius 3 is 2.50 bits per heavy atom. The van der Waals surface area contributed by atoms with E-state index < -0.39 is 0 Å². The summed E-state index contributed by atoms with van der Waals surface area (Å²) in [5, 5.41) is 0.853. The largest absolute Gasteiger partial charge is 0.161 e. The molecule has 76 valence electrons. The molecule has 0 unspecified atom stereocenters. The molecule has 0 radical (unpaired) electrons. The Balaban J connectivity index is 2.15. The smallest absolute Gasteiger partial charge is 0.0113 e. The van der Waals surface area contributed by atoms with Crippen molar-refractivity contribution >= 4 is 11.8 Å². The molecular formula is C13H18S. The highest BCUT2D eigenvalue weighted by Gasteiger charge is 2.25. The highest BCUT2D eigenvalue weighted by Crippen LogP contribution is 2.38. The highest BCUT2D eigenvalue weighted by atomic mass is 32.2. The van der Waals surface area contributed by atoms with Crippen LogP contribution in [0.1, 0.15) is 37.2 Å². The zero-order valence-electron chi connectivity index (χ0n) is 8.78. The Morgan fingerprint density at radius 2 is 1.79 bits per heavy atom. The third-order valence-corrected chi connectivity index (χ3v) is 4.40. The van der Waals surface area contributed by atoms with Gasteiger partial charge in [0.2, 0.25) is 0 Å². The van der Waals surface area contributed by atoms with E-state index in [-0.39, 0.29) is 0 Å². The second kappa shape index (κ2) is 4.88. The molecule has 0 N–H and O–H groups in total. The van der Waals surface area contributed by atoms with E-state index in [1.165, 1.54) is 25.7 Å². The van der Waals surface area contributed by atoms with Gasteiger partial charge in [-0.1, -0.05) is 43.2 Å². The van der Waals surface area contributed by atoms with E-state index in [1.807, 2.05) is 11.8 Å². The molecule has 1 fully saturated rings. The summed E-state index contributed by atoms with van der Waals surface area (Å²) in [5.41, 5.74) is 1.55. The maximum absolute atomic E-state index is 2.29. The molecule has 0 bridgehead atoms. The Hall–Kier alpha value is -0.430. The van der Waals surface area contributed by atoms with Gasteiger partial charge < -0.3 is 0 Å². The van der Waals surface area contributed by atoms with Crippen LogP contribution in [0.4, 0.5) is 0 Å². The molecule has 0 saturated heterocycles. The monoisotopic (exact) mass is 206 g/mol. The van der Waals surface area contributed by atoms with Gasteiger partial charge in [-0.05, 0) is 30.6 Å². The summed E-state index contributed by atoms with van der Waals surface area (Å²) in [5.74, 6) is 0.806. The van der Waals surface area contributed by atoms with E-state index in [4.69, 9.17) is 0 Å². The Morgan fingerprint density at radius 1 is 1.07 bits per heavy atom. The van der Waals surface area contributed by atoms with Crippen molar-refractivity contribution in [1.82, 2.24) is 0 Å². The third kappa shape index (κ3) is 2.14. The lowest BCUT2D eigenvalue weighted by atomic mass is 9.83. The predicted molar refractivity (Wildman–Crippen MR) is 65.0 cm³/mol. The quantitative estimate of drug-likeness (QED) is 0.702. The molecular weight excluding hydrogens is 188 g/mol. The van der Waals surface area contributed by atoms with E-state index in [0.717, 1.165) is 11.2 Å². The molecule has 0 aromatic heterocycles. The zero-order chi connectivity index (χ0) is 9.80. The molecule has 2 atom stereocenters. The lowest BCUT2D eigenvalue weighted by Crippen LogP contribution is -2.19. The summed E-state index contributed by atoms with van der Waals surface area (Å²) in [7, 11) is 0. The van der Waals surface area contributed by atoms with Crippen LogP contribution in [0, 0.1) is 0 Å². The third-order valence-electron chi connectivity index (χ3n) is 3.23. The van der Waals surface area contributed by atoms with E-state index in [9.17, 15) is 0 Å².